The van der Waals surface area contributed by atoms with Crippen molar-refractivity contribution in [2.24, 2.45) is 7.05 Å². The van der Waals surface area contributed by atoms with Crippen LogP contribution in [0.25, 0.3) is 5.69 Å². The Labute approximate surface area is 130 Å². The molecule has 2 aromatic rings. The van der Waals surface area contributed by atoms with Gasteiger partial charge in [-0.2, -0.15) is 9.36 Å². The molecule has 0 bridgehead atoms. The molecule has 0 aliphatic heterocycles. The lowest BCUT2D eigenvalue weighted by molar-refractivity contribution is 0.0563. The zero-order valence-corrected chi connectivity index (χ0v) is 13.1. The SMILES string of the molecule is COc1cccc(-n2nnn(C)c2=O)c1CONC(=O)SC. The number of amides is 1. The Hall–Kier alpha value is -2.33. The highest BCUT2D eigenvalue weighted by Gasteiger charge is 2.15. The number of benzene rings is 1. The van der Waals surface area contributed by atoms with Crippen LogP contribution in [-0.2, 0) is 18.5 Å². The molecule has 118 valence electrons. The summed E-state index contributed by atoms with van der Waals surface area (Å²) < 4.78 is 7.52. The van der Waals surface area contributed by atoms with E-state index in [2.05, 4.69) is 15.9 Å². The number of aromatic nitrogens is 4. The number of hydrogen-bond acceptors (Lipinski definition) is 7. The first-order valence-electron chi connectivity index (χ1n) is 6.19. The van der Waals surface area contributed by atoms with E-state index in [9.17, 15) is 9.59 Å². The molecule has 0 atom stereocenters. The maximum absolute atomic E-state index is 12.0. The third-order valence-corrected chi connectivity index (χ3v) is 3.29. The van der Waals surface area contributed by atoms with Crippen LogP contribution in [0.5, 0.6) is 5.75 Å². The second-order valence-corrected chi connectivity index (χ2v) is 4.92. The number of hydrogen-bond donors (Lipinski definition) is 1. The lowest BCUT2D eigenvalue weighted by Crippen LogP contribution is -2.24. The van der Waals surface area contributed by atoms with Crippen LogP contribution in [-0.4, -0.2) is 38.4 Å². The average Bonchev–Trinajstić information content (AvgIpc) is 2.86. The lowest BCUT2D eigenvalue weighted by Gasteiger charge is -2.13. The van der Waals surface area contributed by atoms with E-state index in [0.29, 0.717) is 17.0 Å². The first kappa shape index (κ1) is 16.0. The molecule has 22 heavy (non-hydrogen) atoms. The van der Waals surface area contributed by atoms with Crippen molar-refractivity contribution in [3.8, 4) is 11.4 Å². The van der Waals surface area contributed by atoms with Gasteiger partial charge in [-0.25, -0.2) is 10.3 Å². The number of rotatable bonds is 5. The van der Waals surface area contributed by atoms with Gasteiger partial charge in [-0.15, -0.1) is 0 Å². The number of hydroxylamine groups is 1. The first-order chi connectivity index (χ1) is 10.6. The van der Waals surface area contributed by atoms with E-state index < -0.39 is 5.69 Å². The summed E-state index contributed by atoms with van der Waals surface area (Å²) in [5.74, 6) is 0.508. The van der Waals surface area contributed by atoms with E-state index in [1.54, 1.807) is 24.5 Å². The van der Waals surface area contributed by atoms with Crippen LogP contribution >= 0.6 is 11.8 Å². The number of tetrazole rings is 1. The van der Waals surface area contributed by atoms with Gasteiger partial charge in [-0.05, 0) is 28.8 Å². The summed E-state index contributed by atoms with van der Waals surface area (Å²) in [6.45, 7) is 0.00859. The molecule has 9 nitrogen and oxygen atoms in total. The van der Waals surface area contributed by atoms with Crippen LogP contribution in [0.2, 0.25) is 0 Å². The highest BCUT2D eigenvalue weighted by Crippen LogP contribution is 2.24. The van der Waals surface area contributed by atoms with Gasteiger partial charge in [0.05, 0.1) is 12.8 Å². The van der Waals surface area contributed by atoms with Crippen molar-refractivity contribution in [3.05, 3.63) is 34.2 Å². The second-order valence-electron chi connectivity index (χ2n) is 4.14. The van der Waals surface area contributed by atoms with Crippen molar-refractivity contribution < 1.29 is 14.4 Å². The van der Waals surface area contributed by atoms with E-state index >= 15 is 0 Å². The standard InChI is InChI=1S/C12H15N5O4S/c1-16-12(19)17(15-14-16)9-5-4-6-10(20-2)8(9)7-21-13-11(18)22-3/h4-6H,7H2,1-3H3,(H,13,18). The van der Waals surface area contributed by atoms with Gasteiger partial charge < -0.3 is 4.74 Å². The first-order valence-corrected chi connectivity index (χ1v) is 7.42. The lowest BCUT2D eigenvalue weighted by atomic mass is 10.1. The van der Waals surface area contributed by atoms with E-state index in [0.717, 1.165) is 21.1 Å². The van der Waals surface area contributed by atoms with E-state index in [1.807, 2.05) is 0 Å². The van der Waals surface area contributed by atoms with Crippen LogP contribution in [0, 0.1) is 0 Å². The Morgan fingerprint density at radius 1 is 1.41 bits per heavy atom. The molecule has 1 heterocycles. The number of methoxy groups -OCH3 is 1. The van der Waals surface area contributed by atoms with Gasteiger partial charge in [0.2, 0.25) is 0 Å². The number of ether oxygens (including phenoxy) is 1. The fourth-order valence-corrected chi connectivity index (χ4v) is 1.90. The summed E-state index contributed by atoms with van der Waals surface area (Å²) >= 11 is 0.989. The second kappa shape index (κ2) is 7.09. The predicted molar refractivity (Wildman–Crippen MR) is 80.0 cm³/mol. The smallest absolute Gasteiger partial charge is 0.368 e. The minimum atomic E-state index is -0.400. The highest BCUT2D eigenvalue weighted by molar-refractivity contribution is 8.12. The van der Waals surface area contributed by atoms with Crippen LogP contribution in [0.3, 0.4) is 0 Å². The molecule has 1 N–H and O–H groups in total. The number of carbonyl (C=O) groups is 1. The van der Waals surface area contributed by atoms with Gasteiger partial charge in [0.15, 0.2) is 0 Å². The Morgan fingerprint density at radius 3 is 2.77 bits per heavy atom. The predicted octanol–water partition coefficient (Wildman–Crippen LogP) is 0.479. The Morgan fingerprint density at radius 2 is 2.18 bits per heavy atom. The summed E-state index contributed by atoms with van der Waals surface area (Å²) in [6, 6.07) is 5.13. The molecule has 0 saturated carbocycles. The van der Waals surface area contributed by atoms with Crippen molar-refractivity contribution in [1.29, 1.82) is 0 Å². The van der Waals surface area contributed by atoms with Crippen LogP contribution < -0.4 is 15.9 Å². The normalized spacial score (nSPS) is 10.5. The topological polar surface area (TPSA) is 100 Å². The number of nitrogens with one attached hydrogen (secondary N) is 1. The van der Waals surface area contributed by atoms with Gasteiger partial charge >= 0.3 is 10.9 Å². The van der Waals surface area contributed by atoms with Crippen molar-refractivity contribution >= 4 is 17.0 Å². The van der Waals surface area contributed by atoms with E-state index in [1.165, 1.54) is 14.2 Å². The Kier molecular flexibility index (Phi) is 5.17. The summed E-state index contributed by atoms with van der Waals surface area (Å²) in [7, 11) is 3.00. The van der Waals surface area contributed by atoms with Crippen molar-refractivity contribution in [1.82, 2.24) is 25.3 Å². The monoisotopic (exact) mass is 325 g/mol. The molecular weight excluding hydrogens is 310 g/mol. The molecule has 0 spiro atoms. The summed E-state index contributed by atoms with van der Waals surface area (Å²) in [4.78, 5) is 28.3. The van der Waals surface area contributed by atoms with Crippen molar-refractivity contribution in [3.63, 3.8) is 0 Å². The van der Waals surface area contributed by atoms with Gasteiger partial charge in [-0.1, -0.05) is 17.8 Å². The Balaban J connectivity index is 2.36. The molecule has 0 unspecified atom stereocenters. The summed E-state index contributed by atoms with van der Waals surface area (Å²) in [5.41, 5.74) is 2.90. The maximum atomic E-state index is 12.0. The minimum absolute atomic E-state index is 0.00859. The molecule has 2 rings (SSSR count). The molecular formula is C12H15N5O4S. The van der Waals surface area contributed by atoms with Gasteiger partial charge in [0.25, 0.3) is 0 Å². The number of aryl methyl sites for hydroxylation is 1. The van der Waals surface area contributed by atoms with Crippen LogP contribution in [0.1, 0.15) is 5.56 Å². The van der Waals surface area contributed by atoms with Gasteiger partial charge in [0.1, 0.15) is 12.4 Å². The maximum Gasteiger partial charge on any atom is 0.368 e. The molecule has 1 amide bonds. The molecule has 0 aliphatic carbocycles. The largest absolute Gasteiger partial charge is 0.496 e. The third kappa shape index (κ3) is 3.28. The molecule has 0 saturated heterocycles. The molecule has 1 aromatic heterocycles. The zero-order chi connectivity index (χ0) is 16.1. The zero-order valence-electron chi connectivity index (χ0n) is 12.3. The molecule has 1 aromatic carbocycles. The molecule has 0 aliphatic rings. The van der Waals surface area contributed by atoms with Gasteiger partial charge in [0, 0.05) is 12.6 Å². The molecule has 0 fully saturated rings. The number of thioether (sulfide) groups is 1. The molecule has 10 heteroatoms. The third-order valence-electron chi connectivity index (χ3n) is 2.84. The fourth-order valence-electron chi connectivity index (χ4n) is 1.76. The van der Waals surface area contributed by atoms with Crippen molar-refractivity contribution in [2.45, 2.75) is 6.61 Å². The van der Waals surface area contributed by atoms with Gasteiger partial charge in [-0.3, -0.25) is 9.63 Å². The molecule has 0 radical (unpaired) electrons. The van der Waals surface area contributed by atoms with Crippen LogP contribution in [0.15, 0.2) is 23.0 Å². The van der Waals surface area contributed by atoms with E-state index in [-0.39, 0.29) is 11.8 Å². The minimum Gasteiger partial charge on any atom is -0.496 e. The summed E-state index contributed by atoms with van der Waals surface area (Å²) in [5, 5.41) is 7.14. The number of nitrogens with zero attached hydrogens (tertiary/aromatic N) is 4. The van der Waals surface area contributed by atoms with E-state index in [4.69, 9.17) is 9.57 Å². The summed E-state index contributed by atoms with van der Waals surface area (Å²) in [6.07, 6.45) is 1.63. The average molecular weight is 325 g/mol. The Bertz CT molecular complexity index is 727. The van der Waals surface area contributed by atoms with Crippen LogP contribution in [0.4, 0.5) is 4.79 Å². The highest BCUT2D eigenvalue weighted by atomic mass is 32.2. The quantitative estimate of drug-likeness (QED) is 0.798. The van der Waals surface area contributed by atoms with Crippen molar-refractivity contribution in [2.75, 3.05) is 13.4 Å². The number of carbonyl (C=O) groups excluding carboxylic acids is 1. The fraction of sp³-hybridized carbons (Fsp3) is 0.333.